The lowest BCUT2D eigenvalue weighted by atomic mass is 10.3. The Kier molecular flexibility index (Phi) is 3.67. The molecule has 2 nitrogen and oxygen atoms in total. The maximum Gasteiger partial charge on any atom is 0.119 e. The third-order valence-electron chi connectivity index (χ3n) is 1.26. The van der Waals surface area contributed by atoms with Crippen LogP contribution in [0.4, 0.5) is 0 Å². The van der Waals surface area contributed by atoms with E-state index in [1.54, 1.807) is 12.3 Å². The van der Waals surface area contributed by atoms with Gasteiger partial charge in [-0.25, -0.2) is 0 Å². The molecule has 0 N–H and O–H groups in total. The second-order valence-electron chi connectivity index (χ2n) is 2.18. The standard InChI is InChI=1S/C9H9BrN2/c1-2-3-4-5-8-6-12-9(10)7-11-8/h2-5,7H,1,6H2/b4-3-,8-5+. The van der Waals surface area contributed by atoms with Crippen molar-refractivity contribution >= 4 is 26.8 Å². The first kappa shape index (κ1) is 9.13. The Morgan fingerprint density at radius 2 is 2.33 bits per heavy atom. The summed E-state index contributed by atoms with van der Waals surface area (Å²) in [6.07, 6.45) is 9.09. The molecule has 3 heteroatoms. The normalized spacial score (nSPS) is 20.1. The Balaban J connectivity index is 2.58. The summed E-state index contributed by atoms with van der Waals surface area (Å²) in [6.45, 7) is 4.20. The number of hydrogen-bond acceptors (Lipinski definition) is 2. The summed E-state index contributed by atoms with van der Waals surface area (Å²) < 4.78 is 0.798. The van der Waals surface area contributed by atoms with Crippen molar-refractivity contribution in [1.82, 2.24) is 0 Å². The molecule has 0 bridgehead atoms. The van der Waals surface area contributed by atoms with Gasteiger partial charge in [-0.15, -0.1) is 0 Å². The third kappa shape index (κ3) is 2.96. The van der Waals surface area contributed by atoms with Crippen molar-refractivity contribution in [3.8, 4) is 0 Å². The van der Waals surface area contributed by atoms with Gasteiger partial charge in [0.1, 0.15) is 4.62 Å². The molecule has 62 valence electrons. The largest absolute Gasteiger partial charge is 0.270 e. The van der Waals surface area contributed by atoms with Crippen LogP contribution < -0.4 is 0 Å². The summed E-state index contributed by atoms with van der Waals surface area (Å²) in [5, 5.41) is 0. The first-order chi connectivity index (χ1) is 5.83. The Hall–Kier alpha value is -0.960. The highest BCUT2D eigenvalue weighted by Crippen LogP contribution is 2.04. The van der Waals surface area contributed by atoms with Crippen LogP contribution in [-0.2, 0) is 0 Å². The third-order valence-corrected chi connectivity index (χ3v) is 1.72. The number of aliphatic imine (C=N–C) groups is 2. The SMILES string of the molecule is C=C/C=C\C=C1/CN=C(Br)C=N1. The lowest BCUT2D eigenvalue weighted by Crippen LogP contribution is -1.99. The van der Waals surface area contributed by atoms with Crippen LogP contribution in [0, 0.1) is 0 Å². The molecule has 0 fully saturated rings. The van der Waals surface area contributed by atoms with Crippen LogP contribution in [0.3, 0.4) is 0 Å². The predicted molar refractivity (Wildman–Crippen MR) is 57.1 cm³/mol. The fraction of sp³-hybridized carbons (Fsp3) is 0.111. The van der Waals surface area contributed by atoms with Crippen LogP contribution in [0.2, 0.25) is 0 Å². The number of rotatable bonds is 2. The summed E-state index contributed by atoms with van der Waals surface area (Å²) in [5.41, 5.74) is 0.955. The molecule has 1 aliphatic heterocycles. The maximum atomic E-state index is 4.16. The van der Waals surface area contributed by atoms with Crippen molar-refractivity contribution in [3.63, 3.8) is 0 Å². The van der Waals surface area contributed by atoms with Crippen LogP contribution in [-0.4, -0.2) is 17.4 Å². The summed E-state index contributed by atoms with van der Waals surface area (Å²) in [5.74, 6) is 0. The van der Waals surface area contributed by atoms with E-state index in [9.17, 15) is 0 Å². The Morgan fingerprint density at radius 1 is 1.50 bits per heavy atom. The molecule has 1 aliphatic rings. The second kappa shape index (κ2) is 4.83. The highest BCUT2D eigenvalue weighted by molar-refractivity contribution is 9.19. The lowest BCUT2D eigenvalue weighted by Gasteiger charge is -2.01. The summed E-state index contributed by atoms with van der Waals surface area (Å²) >= 11 is 3.24. The van der Waals surface area contributed by atoms with Gasteiger partial charge in [0.2, 0.25) is 0 Å². The second-order valence-corrected chi connectivity index (χ2v) is 2.99. The molecule has 0 aliphatic carbocycles. The number of halogens is 1. The molecule has 0 saturated heterocycles. The summed E-state index contributed by atoms with van der Waals surface area (Å²) in [4.78, 5) is 8.30. The van der Waals surface area contributed by atoms with Gasteiger partial charge in [-0.3, -0.25) is 9.98 Å². The van der Waals surface area contributed by atoms with Gasteiger partial charge in [0.05, 0.1) is 18.5 Å². The van der Waals surface area contributed by atoms with Crippen molar-refractivity contribution in [2.24, 2.45) is 9.98 Å². The molecule has 0 spiro atoms. The van der Waals surface area contributed by atoms with E-state index in [1.165, 1.54) is 0 Å². The van der Waals surface area contributed by atoms with Crippen LogP contribution in [0.1, 0.15) is 0 Å². The molecule has 0 unspecified atom stereocenters. The van der Waals surface area contributed by atoms with Crippen molar-refractivity contribution in [1.29, 1.82) is 0 Å². The van der Waals surface area contributed by atoms with Gasteiger partial charge in [-0.05, 0) is 22.0 Å². The minimum absolute atomic E-state index is 0.637. The van der Waals surface area contributed by atoms with E-state index in [0.717, 1.165) is 10.3 Å². The van der Waals surface area contributed by atoms with Gasteiger partial charge >= 0.3 is 0 Å². The molecule has 0 aromatic carbocycles. The molecule has 0 aromatic rings. The molecule has 0 radical (unpaired) electrons. The quantitative estimate of drug-likeness (QED) is 0.645. The average Bonchev–Trinajstić information content (AvgIpc) is 2.09. The molecular weight excluding hydrogens is 216 g/mol. The van der Waals surface area contributed by atoms with Crippen LogP contribution in [0.5, 0.6) is 0 Å². The zero-order valence-corrected chi connectivity index (χ0v) is 8.16. The Labute approximate surface area is 80.2 Å². The molecule has 1 rings (SSSR count). The Bertz CT molecular complexity index is 285. The van der Waals surface area contributed by atoms with E-state index in [0.29, 0.717) is 6.54 Å². The highest BCUT2D eigenvalue weighted by atomic mass is 79.9. The molecular formula is C9H9BrN2. The van der Waals surface area contributed by atoms with Crippen LogP contribution >= 0.6 is 15.9 Å². The van der Waals surface area contributed by atoms with Gasteiger partial charge in [0.25, 0.3) is 0 Å². The topological polar surface area (TPSA) is 24.7 Å². The first-order valence-electron chi connectivity index (χ1n) is 3.55. The molecule has 0 aromatic heterocycles. The van der Waals surface area contributed by atoms with Crippen molar-refractivity contribution in [3.05, 3.63) is 36.6 Å². The summed E-state index contributed by atoms with van der Waals surface area (Å²) in [6, 6.07) is 0. The molecule has 1 heterocycles. The average molecular weight is 225 g/mol. The number of allylic oxidation sites excluding steroid dienone is 4. The van der Waals surface area contributed by atoms with E-state index >= 15 is 0 Å². The lowest BCUT2D eigenvalue weighted by molar-refractivity contribution is 1.10. The molecule has 0 amide bonds. The van der Waals surface area contributed by atoms with Gasteiger partial charge in [0.15, 0.2) is 0 Å². The monoisotopic (exact) mass is 224 g/mol. The maximum absolute atomic E-state index is 4.16. The zero-order valence-electron chi connectivity index (χ0n) is 6.57. The van der Waals surface area contributed by atoms with Gasteiger partial charge in [0, 0.05) is 0 Å². The van der Waals surface area contributed by atoms with E-state index in [1.807, 2.05) is 18.2 Å². The van der Waals surface area contributed by atoms with E-state index in [-0.39, 0.29) is 0 Å². The van der Waals surface area contributed by atoms with E-state index in [2.05, 4.69) is 32.5 Å². The minimum atomic E-state index is 0.637. The first-order valence-corrected chi connectivity index (χ1v) is 4.34. The fourth-order valence-electron chi connectivity index (χ4n) is 0.715. The van der Waals surface area contributed by atoms with E-state index in [4.69, 9.17) is 0 Å². The minimum Gasteiger partial charge on any atom is -0.270 e. The van der Waals surface area contributed by atoms with Gasteiger partial charge in [-0.1, -0.05) is 24.8 Å². The fourth-order valence-corrected chi connectivity index (χ4v) is 0.943. The molecule has 0 atom stereocenters. The van der Waals surface area contributed by atoms with Gasteiger partial charge < -0.3 is 0 Å². The van der Waals surface area contributed by atoms with Gasteiger partial charge in [-0.2, -0.15) is 0 Å². The van der Waals surface area contributed by atoms with Crippen LogP contribution in [0.15, 0.2) is 46.6 Å². The van der Waals surface area contributed by atoms with Crippen molar-refractivity contribution in [2.75, 3.05) is 6.54 Å². The van der Waals surface area contributed by atoms with Crippen LogP contribution in [0.25, 0.3) is 0 Å². The van der Waals surface area contributed by atoms with Crippen molar-refractivity contribution in [2.45, 2.75) is 0 Å². The van der Waals surface area contributed by atoms with Crippen molar-refractivity contribution < 1.29 is 0 Å². The van der Waals surface area contributed by atoms with E-state index < -0.39 is 0 Å². The number of nitrogens with zero attached hydrogens (tertiary/aromatic N) is 2. The highest BCUT2D eigenvalue weighted by Gasteiger charge is 1.98. The number of hydrogen-bond donors (Lipinski definition) is 0. The molecule has 12 heavy (non-hydrogen) atoms. The summed E-state index contributed by atoms with van der Waals surface area (Å²) in [7, 11) is 0. The predicted octanol–water partition coefficient (Wildman–Crippen LogP) is 2.49. The molecule has 0 saturated carbocycles. The smallest absolute Gasteiger partial charge is 0.119 e. The Morgan fingerprint density at radius 3 is 2.92 bits per heavy atom. The zero-order chi connectivity index (χ0) is 8.81.